The van der Waals surface area contributed by atoms with Gasteiger partial charge in [-0.15, -0.1) is 0 Å². The van der Waals surface area contributed by atoms with Gasteiger partial charge in [-0.25, -0.2) is 0 Å². The van der Waals surface area contributed by atoms with Gasteiger partial charge in [0.05, 0.1) is 6.26 Å². The zero-order valence-corrected chi connectivity index (χ0v) is 16.8. The quantitative estimate of drug-likeness (QED) is 0.392. The summed E-state index contributed by atoms with van der Waals surface area (Å²) in [7, 11) is 0. The number of ether oxygens (including phenoxy) is 1. The maximum absolute atomic E-state index is 5.28. The number of allylic oxidation sites excluding steroid dienone is 7. The molecule has 0 amide bonds. The fourth-order valence-corrected chi connectivity index (χ4v) is 8.15. The van der Waals surface area contributed by atoms with Crippen LogP contribution in [0.15, 0.2) is 76.4 Å². The van der Waals surface area contributed by atoms with Gasteiger partial charge in [0.15, 0.2) is 0 Å². The summed E-state index contributed by atoms with van der Waals surface area (Å²) < 4.78 is 7.10. The van der Waals surface area contributed by atoms with E-state index in [0.29, 0.717) is 18.4 Å². The van der Waals surface area contributed by atoms with Crippen LogP contribution in [-0.4, -0.2) is 6.66 Å². The predicted octanol–water partition coefficient (Wildman–Crippen LogP) is 5.44. The molecule has 0 fully saturated rings. The Morgan fingerprint density at radius 3 is 2.41 bits per heavy atom. The molecule has 1 aliphatic carbocycles. The standard InChI is InChI=1S/C11H12O.C6H7.C2H7Si.Ti/c1-2-3-7-10-12-11-8-5-4-6-9-11;1-6-4-2-3-5-6;1-3-2;/h2-10H,1H3;2,4H,3H2,1H3;3H,1-2H3;. The fraction of sp³-hybridized carbons (Fsp3) is 0.263. The van der Waals surface area contributed by atoms with E-state index in [1.165, 1.54) is 6.42 Å². The third kappa shape index (κ3) is 8.38. The summed E-state index contributed by atoms with van der Waals surface area (Å²) in [5, 5.41) is 0. The number of benzene rings is 1. The average molecular weight is 346 g/mol. The smallest absolute Gasteiger partial charge is 0.126 e. The molecular weight excluding hydrogens is 320 g/mol. The molecule has 0 N–H and O–H groups in total. The first-order valence-electron chi connectivity index (χ1n) is 7.76. The summed E-state index contributed by atoms with van der Waals surface area (Å²) >= 11 is 0.350. The Morgan fingerprint density at radius 1 is 1.14 bits per heavy atom. The van der Waals surface area contributed by atoms with E-state index in [9.17, 15) is 0 Å². The van der Waals surface area contributed by atoms with Crippen LogP contribution in [0, 0.1) is 0 Å². The molecule has 0 bridgehead atoms. The summed E-state index contributed by atoms with van der Waals surface area (Å²) in [4.78, 5) is 0. The van der Waals surface area contributed by atoms with Gasteiger partial charge in [-0.1, -0.05) is 30.4 Å². The Bertz CT molecular complexity index is 542. The topological polar surface area (TPSA) is 9.23 Å². The van der Waals surface area contributed by atoms with Gasteiger partial charge in [0.2, 0.25) is 0 Å². The molecule has 22 heavy (non-hydrogen) atoms. The third-order valence-corrected chi connectivity index (χ3v) is 9.16. The van der Waals surface area contributed by atoms with Gasteiger partial charge in [-0.05, 0) is 25.1 Å². The molecule has 2 rings (SSSR count). The zero-order chi connectivity index (χ0) is 16.2. The van der Waals surface area contributed by atoms with Crippen molar-refractivity contribution in [2.45, 2.75) is 33.4 Å². The molecule has 0 spiro atoms. The minimum atomic E-state index is -0.235. The van der Waals surface area contributed by atoms with Crippen molar-refractivity contribution in [3.63, 3.8) is 0 Å². The predicted molar refractivity (Wildman–Crippen MR) is 96.4 cm³/mol. The van der Waals surface area contributed by atoms with Crippen molar-refractivity contribution in [2.75, 3.05) is 0 Å². The van der Waals surface area contributed by atoms with Crippen molar-refractivity contribution in [2.24, 2.45) is 0 Å². The summed E-state index contributed by atoms with van der Waals surface area (Å²) in [6, 6.07) is 9.68. The second kappa shape index (κ2) is 11.5. The van der Waals surface area contributed by atoms with Crippen molar-refractivity contribution in [1.82, 2.24) is 0 Å². The number of para-hydroxylation sites is 1. The second-order valence-electron chi connectivity index (χ2n) is 5.35. The van der Waals surface area contributed by atoms with Crippen LogP contribution in [0.25, 0.3) is 0 Å². The summed E-state index contributed by atoms with van der Waals surface area (Å²) in [5.74, 6) is 0.859. The Morgan fingerprint density at radius 2 is 1.86 bits per heavy atom. The van der Waals surface area contributed by atoms with Gasteiger partial charge in [0.25, 0.3) is 0 Å². The van der Waals surface area contributed by atoms with Crippen LogP contribution in [0.2, 0.25) is 13.1 Å². The molecule has 1 aromatic rings. The normalized spacial score (nSPS) is 13.9. The Balaban J connectivity index is 0.000000224. The number of rotatable bonds is 5. The molecule has 0 heterocycles. The van der Waals surface area contributed by atoms with Crippen molar-refractivity contribution in [3.05, 3.63) is 76.4 Å². The zero-order valence-electron chi connectivity index (χ0n) is 14.0. The van der Waals surface area contributed by atoms with E-state index in [-0.39, 0.29) is 6.66 Å². The Labute approximate surface area is 145 Å². The second-order valence-corrected chi connectivity index (χ2v) is 15.7. The van der Waals surface area contributed by atoms with Crippen LogP contribution in [0.3, 0.4) is 0 Å². The molecule has 0 radical (unpaired) electrons. The fourth-order valence-electron chi connectivity index (χ4n) is 1.91. The molecule has 0 saturated carbocycles. The summed E-state index contributed by atoms with van der Waals surface area (Å²) in [6.45, 7) is 8.93. The van der Waals surface area contributed by atoms with E-state index in [0.717, 1.165) is 5.75 Å². The van der Waals surface area contributed by atoms with Gasteiger partial charge in [-0.3, -0.25) is 0 Å². The molecule has 0 saturated heterocycles. The van der Waals surface area contributed by atoms with Crippen molar-refractivity contribution in [3.8, 4) is 5.75 Å². The third-order valence-electron chi connectivity index (χ3n) is 2.96. The van der Waals surface area contributed by atoms with E-state index in [2.05, 4.69) is 32.2 Å². The molecule has 0 aliphatic heterocycles. The van der Waals surface area contributed by atoms with Crippen molar-refractivity contribution >= 4 is 6.66 Å². The molecule has 1 aliphatic rings. The molecule has 0 atom stereocenters. The molecule has 116 valence electrons. The summed E-state index contributed by atoms with van der Waals surface area (Å²) in [6.07, 6.45) is 13.3. The maximum Gasteiger partial charge on any atom is 0.126 e. The van der Waals surface area contributed by atoms with E-state index < -0.39 is 0 Å². The maximum atomic E-state index is 5.28. The molecule has 1 aromatic carbocycles. The molecular formula is C19H26OSiTi. The van der Waals surface area contributed by atoms with E-state index in [1.54, 1.807) is 11.8 Å². The monoisotopic (exact) mass is 346 g/mol. The molecule has 3 heteroatoms. The number of hydrogen-bond acceptors (Lipinski definition) is 1. The SMILES string of the molecule is CC1=[C]([Ti][SiH](C)C)CC=C1.CC=CC=COc1ccccc1. The van der Waals surface area contributed by atoms with Crippen LogP contribution < -0.4 is 4.74 Å². The molecule has 0 aromatic heterocycles. The first kappa shape index (κ1) is 19.0. The Kier molecular flexibility index (Phi) is 9.89. The van der Waals surface area contributed by atoms with Crippen LogP contribution >= 0.6 is 0 Å². The molecule has 0 unspecified atom stereocenters. The van der Waals surface area contributed by atoms with E-state index in [4.69, 9.17) is 4.74 Å². The van der Waals surface area contributed by atoms with Crippen molar-refractivity contribution < 1.29 is 23.1 Å². The van der Waals surface area contributed by atoms with Crippen LogP contribution in [0.1, 0.15) is 20.3 Å². The van der Waals surface area contributed by atoms with E-state index in [1.807, 2.05) is 59.4 Å². The summed E-state index contributed by atoms with van der Waals surface area (Å²) in [5.41, 5.74) is 1.58. The van der Waals surface area contributed by atoms with Gasteiger partial charge >= 0.3 is 73.1 Å². The van der Waals surface area contributed by atoms with Crippen molar-refractivity contribution in [1.29, 1.82) is 0 Å². The van der Waals surface area contributed by atoms with Gasteiger partial charge in [0, 0.05) is 0 Å². The Hall–Kier alpha value is -1.09. The van der Waals surface area contributed by atoms with E-state index >= 15 is 0 Å². The van der Waals surface area contributed by atoms with Crippen LogP contribution in [0.4, 0.5) is 0 Å². The van der Waals surface area contributed by atoms with Gasteiger partial charge < -0.3 is 4.74 Å². The minimum Gasteiger partial charge on any atom is -0.465 e. The minimum absolute atomic E-state index is 0.235. The van der Waals surface area contributed by atoms with Gasteiger partial charge in [0.1, 0.15) is 5.75 Å². The van der Waals surface area contributed by atoms with Crippen LogP contribution in [0.5, 0.6) is 5.75 Å². The molecule has 1 nitrogen and oxygen atoms in total. The average Bonchev–Trinajstić information content (AvgIpc) is 2.90. The van der Waals surface area contributed by atoms with Crippen LogP contribution in [-0.2, 0) is 18.4 Å². The largest absolute Gasteiger partial charge is 0.465 e. The first-order chi connectivity index (χ1) is 10.6. The van der Waals surface area contributed by atoms with Gasteiger partial charge in [-0.2, -0.15) is 0 Å². The first-order valence-corrected chi connectivity index (χ1v) is 14.1. The number of hydrogen-bond donors (Lipinski definition) is 0.